The van der Waals surface area contributed by atoms with Gasteiger partial charge in [0.2, 0.25) is 0 Å². The Kier molecular flexibility index (Phi) is 5.62. The van der Waals surface area contributed by atoms with Crippen LogP contribution in [0, 0.1) is 0 Å². The van der Waals surface area contributed by atoms with Gasteiger partial charge in [0.1, 0.15) is 11.2 Å². The molecule has 3 aliphatic heterocycles. The lowest BCUT2D eigenvalue weighted by Crippen LogP contribution is -2.78. The normalized spacial score (nSPS) is 14.4. The summed E-state index contributed by atoms with van der Waals surface area (Å²) in [6.45, 7) is -0.0801. The highest BCUT2D eigenvalue weighted by Gasteiger charge is 2.53. The van der Waals surface area contributed by atoms with Crippen molar-refractivity contribution in [3.63, 3.8) is 0 Å². The fraction of sp³-hybridized carbons (Fsp3) is 0. The van der Waals surface area contributed by atoms with E-state index in [2.05, 4.69) is 197 Å². The summed E-state index contributed by atoms with van der Waals surface area (Å²) in [7, 11) is -2.86. The molecule has 0 unspecified atom stereocenters. The maximum atomic E-state index is 6.89. The van der Waals surface area contributed by atoms with E-state index < -0.39 is 8.07 Å². The van der Waals surface area contributed by atoms with Crippen LogP contribution in [0.3, 0.4) is 0 Å². The summed E-state index contributed by atoms with van der Waals surface area (Å²) in [6, 6.07) is 70.7. The van der Waals surface area contributed by atoms with E-state index in [4.69, 9.17) is 4.42 Å². The fourth-order valence-corrected chi connectivity index (χ4v) is 16.5. The van der Waals surface area contributed by atoms with E-state index in [9.17, 15) is 0 Å². The van der Waals surface area contributed by atoms with E-state index in [1.165, 1.54) is 97.8 Å². The number of hydrogen-bond donors (Lipinski definition) is 0. The molecule has 5 heteroatoms. The van der Waals surface area contributed by atoms with Gasteiger partial charge in [-0.15, -0.1) is 0 Å². The molecule has 9 aromatic carbocycles. The Morgan fingerprint density at radius 2 is 1.14 bits per heavy atom. The highest BCUT2D eigenvalue weighted by Crippen LogP contribution is 2.50. The summed E-state index contributed by atoms with van der Waals surface area (Å²) >= 11 is 0. The molecule has 0 saturated heterocycles. The van der Waals surface area contributed by atoms with E-state index in [1.807, 2.05) is 0 Å². The minimum atomic E-state index is -2.86. The summed E-state index contributed by atoms with van der Waals surface area (Å²) in [5, 5.41) is 13.1. The molecule has 0 amide bonds. The zero-order valence-corrected chi connectivity index (χ0v) is 31.8. The second-order valence-electron chi connectivity index (χ2n) is 15.9. The van der Waals surface area contributed by atoms with Crippen molar-refractivity contribution in [1.29, 1.82) is 0 Å². The van der Waals surface area contributed by atoms with Gasteiger partial charge in [-0.2, -0.15) is 0 Å². The first-order valence-corrected chi connectivity index (χ1v) is 21.9. The van der Waals surface area contributed by atoms with Crippen LogP contribution < -0.4 is 36.6 Å². The zero-order valence-electron chi connectivity index (χ0n) is 30.8. The SMILES string of the molecule is c1ccc([Si]2(c3ccccc3)c3ccccc3N3c4cc5oc6ccccc6c5c5c4B(c4cccc2c43)n2c3c-5cccc3c3ccc4ccccc4c32)cc1. The molecule has 0 saturated carbocycles. The highest BCUT2D eigenvalue weighted by atomic mass is 28.3. The minimum absolute atomic E-state index is 0.0801. The summed E-state index contributed by atoms with van der Waals surface area (Å²) in [4.78, 5) is 2.62. The van der Waals surface area contributed by atoms with Crippen molar-refractivity contribution in [3.8, 4) is 11.1 Å². The van der Waals surface area contributed by atoms with Crippen LogP contribution in [-0.4, -0.2) is 19.4 Å². The van der Waals surface area contributed by atoms with Crippen LogP contribution in [0.5, 0.6) is 0 Å². The number of anilines is 3. The molecule has 0 radical (unpaired) electrons. The van der Waals surface area contributed by atoms with E-state index in [0.717, 1.165) is 16.6 Å². The van der Waals surface area contributed by atoms with E-state index in [-0.39, 0.29) is 6.85 Å². The van der Waals surface area contributed by atoms with Crippen molar-refractivity contribution in [1.82, 2.24) is 4.48 Å². The minimum Gasteiger partial charge on any atom is -0.456 e. The molecule has 11 aromatic rings. The number of aromatic nitrogens is 1. The maximum Gasteiger partial charge on any atom is 0.333 e. The predicted molar refractivity (Wildman–Crippen MR) is 242 cm³/mol. The number of benzene rings is 9. The molecule has 2 aromatic heterocycles. The third-order valence-electron chi connectivity index (χ3n) is 13.4. The monoisotopic (exact) mass is 738 g/mol. The summed E-state index contributed by atoms with van der Waals surface area (Å²) in [6.07, 6.45) is 0. The van der Waals surface area contributed by atoms with Gasteiger partial charge in [-0.05, 0) is 54.8 Å². The molecule has 14 rings (SSSR count). The Morgan fingerprint density at radius 1 is 0.474 bits per heavy atom. The Balaban J connectivity index is 1.24. The van der Waals surface area contributed by atoms with Crippen LogP contribution in [0.4, 0.5) is 17.1 Å². The van der Waals surface area contributed by atoms with Gasteiger partial charge in [0.05, 0.1) is 0 Å². The molecule has 5 heterocycles. The topological polar surface area (TPSA) is 21.3 Å². The molecule has 3 nitrogen and oxygen atoms in total. The first-order chi connectivity index (χ1) is 28.3. The van der Waals surface area contributed by atoms with Crippen molar-refractivity contribution in [2.24, 2.45) is 0 Å². The zero-order chi connectivity index (χ0) is 37.0. The number of fused-ring (bicyclic) bond motifs is 15. The quantitative estimate of drug-likeness (QED) is 0.165. The van der Waals surface area contributed by atoms with Gasteiger partial charge in [-0.1, -0.05) is 170 Å². The standard InChI is InChI=1S/C52H31BN2OSi/c1-3-16-33(17-4-1)57(34-18-5-2-6-19-34)45-27-12-10-25-41(45)54-42-31-44-47(38-21-9-11-26-43(38)56-44)48-39-23-13-22-36-37-30-29-32-15-7-8-20-35(32)50(37)55(51(36)39)53(49(42)48)40-24-14-28-46(57)52(40)54/h1-31H. The van der Waals surface area contributed by atoms with Crippen molar-refractivity contribution < 1.29 is 4.42 Å². The largest absolute Gasteiger partial charge is 0.456 e. The van der Waals surface area contributed by atoms with Crippen molar-refractivity contribution >= 4 is 118 Å². The van der Waals surface area contributed by atoms with Gasteiger partial charge in [0.25, 0.3) is 0 Å². The van der Waals surface area contributed by atoms with Crippen molar-refractivity contribution in [2.75, 3.05) is 4.90 Å². The number of para-hydroxylation sites is 4. The number of hydrogen-bond acceptors (Lipinski definition) is 2. The van der Waals surface area contributed by atoms with Crippen LogP contribution in [0.1, 0.15) is 0 Å². The molecular weight excluding hydrogens is 707 g/mol. The molecule has 0 bridgehead atoms. The first-order valence-electron chi connectivity index (χ1n) is 19.9. The lowest BCUT2D eigenvalue weighted by Gasteiger charge is -2.49. The second-order valence-corrected chi connectivity index (χ2v) is 19.6. The third kappa shape index (κ3) is 3.52. The molecule has 262 valence electrons. The van der Waals surface area contributed by atoms with Gasteiger partial charge in [0, 0.05) is 66.7 Å². The molecule has 0 N–H and O–H groups in total. The Hall–Kier alpha value is -7.08. The Labute approximate surface area is 329 Å². The van der Waals surface area contributed by atoms with Crippen LogP contribution in [0.2, 0.25) is 0 Å². The smallest absolute Gasteiger partial charge is 0.333 e. The lowest BCUT2D eigenvalue weighted by molar-refractivity contribution is 0.669. The van der Waals surface area contributed by atoms with E-state index >= 15 is 0 Å². The molecule has 3 aliphatic rings. The molecular formula is C52H31BN2OSi. The molecule has 0 spiro atoms. The number of furan rings is 1. The highest BCUT2D eigenvalue weighted by molar-refractivity contribution is 7.21. The molecule has 57 heavy (non-hydrogen) atoms. The fourth-order valence-electron chi connectivity index (χ4n) is 11.4. The maximum absolute atomic E-state index is 6.89. The summed E-state index contributed by atoms with van der Waals surface area (Å²) in [5.74, 6) is 0. The van der Waals surface area contributed by atoms with Gasteiger partial charge in [0.15, 0.2) is 8.07 Å². The van der Waals surface area contributed by atoms with Crippen molar-refractivity contribution in [3.05, 3.63) is 188 Å². The lowest BCUT2D eigenvalue weighted by atomic mass is 9.45. The van der Waals surface area contributed by atoms with E-state index in [0.29, 0.717) is 0 Å². The number of nitrogens with zero attached hydrogens (tertiary/aromatic N) is 2. The Bertz CT molecular complexity index is 3510. The van der Waals surface area contributed by atoms with E-state index in [1.54, 1.807) is 0 Å². The molecule has 0 atom stereocenters. The summed E-state index contributed by atoms with van der Waals surface area (Å²) < 4.78 is 9.62. The van der Waals surface area contributed by atoms with Gasteiger partial charge < -0.3 is 13.8 Å². The third-order valence-corrected chi connectivity index (χ3v) is 18.2. The van der Waals surface area contributed by atoms with Crippen LogP contribution >= 0.6 is 0 Å². The van der Waals surface area contributed by atoms with Gasteiger partial charge in [-0.25, -0.2) is 0 Å². The van der Waals surface area contributed by atoms with Gasteiger partial charge in [-0.3, -0.25) is 0 Å². The summed E-state index contributed by atoms with van der Waals surface area (Å²) in [5.41, 5.74) is 13.4. The average Bonchev–Trinajstić information content (AvgIpc) is 3.83. The number of rotatable bonds is 2. The van der Waals surface area contributed by atoms with Crippen LogP contribution in [-0.2, 0) is 0 Å². The predicted octanol–water partition coefficient (Wildman–Crippen LogP) is 8.96. The van der Waals surface area contributed by atoms with Crippen molar-refractivity contribution in [2.45, 2.75) is 0 Å². The average molecular weight is 739 g/mol. The van der Waals surface area contributed by atoms with Gasteiger partial charge >= 0.3 is 6.85 Å². The first kappa shape index (κ1) is 30.2. The Morgan fingerprint density at radius 3 is 1.98 bits per heavy atom. The molecule has 0 aliphatic carbocycles. The molecule has 0 fully saturated rings. The van der Waals surface area contributed by atoms with Crippen LogP contribution in [0.15, 0.2) is 192 Å². The van der Waals surface area contributed by atoms with Crippen LogP contribution in [0.25, 0.3) is 65.6 Å². The second kappa shape index (κ2) is 10.6.